The second kappa shape index (κ2) is 7.31. The Morgan fingerprint density at radius 3 is 2.59 bits per heavy atom. The van der Waals surface area contributed by atoms with Crippen molar-refractivity contribution in [1.82, 2.24) is 9.80 Å². The number of hydrogen-bond acceptors (Lipinski definition) is 4. The number of halogens is 1. The summed E-state index contributed by atoms with van der Waals surface area (Å²) in [6.07, 6.45) is 1.51. The van der Waals surface area contributed by atoms with Crippen LogP contribution >= 0.6 is 11.6 Å². The van der Waals surface area contributed by atoms with Crippen LogP contribution in [0.5, 0.6) is 5.75 Å². The van der Waals surface area contributed by atoms with Crippen molar-refractivity contribution in [3.8, 4) is 5.75 Å². The molecular formula is C16H24ClN3O2. The molecule has 0 aliphatic carbocycles. The fourth-order valence-electron chi connectivity index (χ4n) is 2.88. The lowest BCUT2D eigenvalue weighted by Crippen LogP contribution is -2.41. The number of piperidine rings is 1. The number of carbonyl (C=O) groups excluding carboxylic acids is 1. The number of carbonyl (C=O) groups is 1. The predicted molar refractivity (Wildman–Crippen MR) is 88.4 cm³/mol. The first-order valence-corrected chi connectivity index (χ1v) is 7.89. The molecule has 1 saturated heterocycles. The Balaban J connectivity index is 2.06. The largest absolute Gasteiger partial charge is 0.410 e. The van der Waals surface area contributed by atoms with Gasteiger partial charge in [-0.2, -0.15) is 0 Å². The number of nitrogens with zero attached hydrogens (tertiary/aromatic N) is 2. The average molecular weight is 326 g/mol. The summed E-state index contributed by atoms with van der Waals surface area (Å²) in [7, 11) is 4.27. The molecule has 0 spiro atoms. The van der Waals surface area contributed by atoms with Gasteiger partial charge in [-0.15, -0.1) is 0 Å². The third kappa shape index (κ3) is 4.35. The van der Waals surface area contributed by atoms with E-state index in [4.69, 9.17) is 22.1 Å². The molecule has 0 atom stereocenters. The highest BCUT2D eigenvalue weighted by Crippen LogP contribution is 2.28. The molecule has 1 amide bonds. The number of likely N-dealkylation sites (tertiary alicyclic amines) is 1. The zero-order chi connectivity index (χ0) is 16.3. The van der Waals surface area contributed by atoms with Gasteiger partial charge in [0.05, 0.1) is 0 Å². The topological polar surface area (TPSA) is 58.8 Å². The normalized spacial score (nSPS) is 17.0. The first kappa shape index (κ1) is 17.1. The minimum absolute atomic E-state index is 0.404. The molecule has 0 aromatic heterocycles. The molecule has 0 unspecified atom stereocenters. The van der Waals surface area contributed by atoms with Crippen molar-refractivity contribution in [3.05, 3.63) is 28.3 Å². The number of nitrogens with two attached hydrogens (primary N) is 1. The molecule has 1 aliphatic heterocycles. The lowest BCUT2D eigenvalue weighted by molar-refractivity contribution is 0.140. The second-order valence-electron chi connectivity index (χ2n) is 6.08. The Bertz CT molecular complexity index is 540. The average Bonchev–Trinajstić information content (AvgIpc) is 2.44. The maximum Gasteiger partial charge on any atom is 0.409 e. The fraction of sp³-hybridized carbons (Fsp3) is 0.562. The Hall–Kier alpha value is -1.30. The highest BCUT2D eigenvalue weighted by Gasteiger charge is 2.21. The molecular weight excluding hydrogens is 302 g/mol. The maximum atomic E-state index is 10.9. The van der Waals surface area contributed by atoms with Gasteiger partial charge in [-0.1, -0.05) is 11.6 Å². The van der Waals surface area contributed by atoms with Gasteiger partial charge in [-0.25, -0.2) is 4.79 Å². The molecule has 2 rings (SSSR count). The van der Waals surface area contributed by atoms with E-state index in [9.17, 15) is 4.79 Å². The van der Waals surface area contributed by atoms with Crippen LogP contribution in [0.3, 0.4) is 0 Å². The van der Waals surface area contributed by atoms with Gasteiger partial charge < -0.3 is 15.4 Å². The van der Waals surface area contributed by atoms with Crippen molar-refractivity contribution >= 4 is 17.7 Å². The van der Waals surface area contributed by atoms with Crippen molar-refractivity contribution in [2.75, 3.05) is 27.2 Å². The Labute approximate surface area is 137 Å². The van der Waals surface area contributed by atoms with Crippen molar-refractivity contribution in [1.29, 1.82) is 0 Å². The monoisotopic (exact) mass is 325 g/mol. The standard InChI is InChI=1S/C16H24ClN3O2/c1-11-12(8-14(9-15(11)17)22-16(18)21)10-20-6-4-13(5-7-20)19(2)3/h8-9,13H,4-7,10H2,1-3H3,(H2,18,21). The van der Waals surface area contributed by atoms with Crippen LogP contribution in [0.15, 0.2) is 12.1 Å². The molecule has 1 heterocycles. The van der Waals surface area contributed by atoms with Gasteiger partial charge in [0, 0.05) is 17.6 Å². The second-order valence-corrected chi connectivity index (χ2v) is 6.49. The van der Waals surface area contributed by atoms with E-state index in [2.05, 4.69) is 23.9 Å². The molecule has 0 saturated carbocycles. The van der Waals surface area contributed by atoms with Gasteiger partial charge in [0.15, 0.2) is 0 Å². The molecule has 22 heavy (non-hydrogen) atoms. The third-order valence-corrected chi connectivity index (χ3v) is 4.72. The Morgan fingerprint density at radius 1 is 1.41 bits per heavy atom. The smallest absolute Gasteiger partial charge is 0.409 e. The lowest BCUT2D eigenvalue weighted by Gasteiger charge is -2.35. The van der Waals surface area contributed by atoms with Crippen molar-refractivity contribution in [2.24, 2.45) is 5.73 Å². The molecule has 1 aliphatic rings. The molecule has 2 N–H and O–H groups in total. The summed E-state index contributed by atoms with van der Waals surface area (Å²) in [5, 5.41) is 0.594. The van der Waals surface area contributed by atoms with Crippen LogP contribution in [0.1, 0.15) is 24.0 Å². The van der Waals surface area contributed by atoms with Crippen LogP contribution in [0, 0.1) is 6.92 Å². The van der Waals surface area contributed by atoms with E-state index in [1.807, 2.05) is 13.0 Å². The number of ether oxygens (including phenoxy) is 1. The summed E-state index contributed by atoms with van der Waals surface area (Å²) in [5.41, 5.74) is 7.17. The van der Waals surface area contributed by atoms with Crippen LogP contribution in [0.4, 0.5) is 4.79 Å². The van der Waals surface area contributed by atoms with E-state index in [-0.39, 0.29) is 0 Å². The van der Waals surface area contributed by atoms with Gasteiger partial charge in [0.2, 0.25) is 0 Å². The van der Waals surface area contributed by atoms with Gasteiger partial charge in [0.25, 0.3) is 0 Å². The van der Waals surface area contributed by atoms with E-state index in [0.29, 0.717) is 16.8 Å². The first-order valence-electron chi connectivity index (χ1n) is 7.52. The Morgan fingerprint density at radius 2 is 2.05 bits per heavy atom. The summed E-state index contributed by atoms with van der Waals surface area (Å²) < 4.78 is 4.96. The molecule has 6 heteroatoms. The van der Waals surface area contributed by atoms with Gasteiger partial charge in [-0.3, -0.25) is 4.90 Å². The summed E-state index contributed by atoms with van der Waals surface area (Å²) in [6, 6.07) is 4.14. The van der Waals surface area contributed by atoms with E-state index >= 15 is 0 Å². The van der Waals surface area contributed by atoms with E-state index < -0.39 is 6.09 Å². The van der Waals surface area contributed by atoms with Crippen molar-refractivity contribution in [2.45, 2.75) is 32.4 Å². The summed E-state index contributed by atoms with van der Waals surface area (Å²) >= 11 is 6.23. The van der Waals surface area contributed by atoms with E-state index in [1.54, 1.807) is 6.07 Å². The van der Waals surface area contributed by atoms with E-state index in [0.717, 1.165) is 43.6 Å². The predicted octanol–water partition coefficient (Wildman–Crippen LogP) is 2.63. The lowest BCUT2D eigenvalue weighted by atomic mass is 10.0. The highest BCUT2D eigenvalue weighted by molar-refractivity contribution is 6.31. The highest BCUT2D eigenvalue weighted by atomic mass is 35.5. The van der Waals surface area contributed by atoms with Crippen LogP contribution in [-0.2, 0) is 6.54 Å². The molecule has 122 valence electrons. The fourth-order valence-corrected chi connectivity index (χ4v) is 3.11. The number of primary amides is 1. The van der Waals surface area contributed by atoms with E-state index in [1.165, 1.54) is 0 Å². The van der Waals surface area contributed by atoms with Crippen molar-refractivity contribution in [3.63, 3.8) is 0 Å². The minimum Gasteiger partial charge on any atom is -0.410 e. The molecule has 1 fully saturated rings. The molecule has 0 bridgehead atoms. The molecule has 0 radical (unpaired) electrons. The SMILES string of the molecule is Cc1c(Cl)cc(OC(N)=O)cc1CN1CCC(N(C)C)CC1. The van der Waals surface area contributed by atoms with Gasteiger partial charge >= 0.3 is 6.09 Å². The molecule has 1 aromatic carbocycles. The number of benzene rings is 1. The third-order valence-electron chi connectivity index (χ3n) is 4.33. The molecule has 1 aromatic rings. The van der Waals surface area contributed by atoms with Crippen LogP contribution in [0.2, 0.25) is 5.02 Å². The Kier molecular flexibility index (Phi) is 5.67. The van der Waals surface area contributed by atoms with Crippen LogP contribution < -0.4 is 10.5 Å². The minimum atomic E-state index is -0.822. The van der Waals surface area contributed by atoms with Crippen LogP contribution in [0.25, 0.3) is 0 Å². The number of amides is 1. The molecule has 5 nitrogen and oxygen atoms in total. The summed E-state index contributed by atoms with van der Waals surface area (Å²) in [5.74, 6) is 0.404. The van der Waals surface area contributed by atoms with Crippen molar-refractivity contribution < 1.29 is 9.53 Å². The van der Waals surface area contributed by atoms with Gasteiger partial charge in [-0.05, 0) is 70.2 Å². The summed E-state index contributed by atoms with van der Waals surface area (Å²) in [4.78, 5) is 15.6. The zero-order valence-electron chi connectivity index (χ0n) is 13.4. The zero-order valence-corrected chi connectivity index (χ0v) is 14.2. The van der Waals surface area contributed by atoms with Gasteiger partial charge in [0.1, 0.15) is 5.75 Å². The maximum absolute atomic E-state index is 10.9. The first-order chi connectivity index (χ1) is 10.4. The number of rotatable bonds is 4. The quantitative estimate of drug-likeness (QED) is 0.924. The summed E-state index contributed by atoms with van der Waals surface area (Å²) in [6.45, 7) is 4.90. The van der Waals surface area contributed by atoms with Crippen LogP contribution in [-0.4, -0.2) is 49.1 Å². The number of hydrogen-bond donors (Lipinski definition) is 1.